The monoisotopic (exact) mass is 770 g/mol. The number of hydrogen-bond acceptors (Lipinski definition) is 5. The third-order valence-electron chi connectivity index (χ3n) is 11.8. The third kappa shape index (κ3) is 4.94. The fourth-order valence-corrected chi connectivity index (χ4v) is 10.2. The average Bonchev–Trinajstić information content (AvgIpc) is 3.96. The summed E-state index contributed by atoms with van der Waals surface area (Å²) in [5.74, 6) is 1.76. The first-order chi connectivity index (χ1) is 29.2. The Morgan fingerprint density at radius 3 is 1.93 bits per heavy atom. The summed E-state index contributed by atoms with van der Waals surface area (Å²) in [5.41, 5.74) is 7.49. The van der Waals surface area contributed by atoms with E-state index in [-0.39, 0.29) is 0 Å². The van der Waals surface area contributed by atoms with Crippen LogP contribution in [0.25, 0.3) is 125 Å². The lowest BCUT2D eigenvalue weighted by atomic mass is 10.0. The Bertz CT molecular complexity index is 3870. The molecule has 0 saturated heterocycles. The Kier molecular flexibility index (Phi) is 6.82. The molecular weight excluding hydrogens is 741 g/mol. The summed E-state index contributed by atoms with van der Waals surface area (Å²) in [6, 6.07) is 64.5. The molecular formula is C53H30N4OS. The molecule has 6 heteroatoms. The van der Waals surface area contributed by atoms with Crippen LogP contribution >= 0.6 is 11.3 Å². The molecule has 0 N–H and O–H groups in total. The van der Waals surface area contributed by atoms with Gasteiger partial charge in [-0.2, -0.15) is 0 Å². The van der Waals surface area contributed by atoms with Crippen LogP contribution in [0.3, 0.4) is 0 Å². The topological polar surface area (TPSA) is 56.7 Å². The molecule has 0 spiro atoms. The largest absolute Gasteiger partial charge is 0.455 e. The van der Waals surface area contributed by atoms with Crippen LogP contribution < -0.4 is 0 Å². The van der Waals surface area contributed by atoms with Gasteiger partial charge in [0, 0.05) is 58.5 Å². The van der Waals surface area contributed by atoms with Gasteiger partial charge in [0.25, 0.3) is 0 Å². The first-order valence-electron chi connectivity index (χ1n) is 19.8. The standard InChI is InChI=1S/C53H30N4OS/c1-2-14-33-27-46-42(26-32(33)13-1)37-17-5-8-21-45(37)57(46)35-29-43-38-18-6-9-22-47(38)58-50(43)44(30-35)53-55-51(34-24-25-40-39-19-7-10-23-48(39)59-49(40)28-34)54-52(56-53)41-20-11-15-31-12-3-4-16-36(31)41/h1-30H. The van der Waals surface area contributed by atoms with Crippen molar-refractivity contribution in [1.29, 1.82) is 0 Å². The molecule has 5 nitrogen and oxygen atoms in total. The molecule has 0 bridgehead atoms. The quantitative estimate of drug-likeness (QED) is 0.179. The predicted octanol–water partition coefficient (Wildman–Crippen LogP) is 14.5. The molecule has 4 aromatic heterocycles. The highest BCUT2D eigenvalue weighted by atomic mass is 32.1. The Morgan fingerprint density at radius 1 is 0.390 bits per heavy atom. The normalized spacial score (nSPS) is 12.1. The molecule has 274 valence electrons. The van der Waals surface area contributed by atoms with E-state index in [1.165, 1.54) is 41.7 Å². The second-order valence-electron chi connectivity index (χ2n) is 15.2. The minimum absolute atomic E-state index is 0.548. The van der Waals surface area contributed by atoms with Gasteiger partial charge in [-0.25, -0.2) is 15.0 Å². The molecule has 0 radical (unpaired) electrons. The van der Waals surface area contributed by atoms with E-state index in [2.05, 4.69) is 174 Å². The fourth-order valence-electron chi connectivity index (χ4n) is 9.07. The second kappa shape index (κ2) is 12.4. The minimum atomic E-state index is 0.548. The zero-order chi connectivity index (χ0) is 38.6. The molecule has 0 amide bonds. The van der Waals surface area contributed by atoms with Gasteiger partial charge >= 0.3 is 0 Å². The van der Waals surface area contributed by atoms with Crippen molar-refractivity contribution in [2.24, 2.45) is 0 Å². The van der Waals surface area contributed by atoms with E-state index in [4.69, 9.17) is 19.4 Å². The first kappa shape index (κ1) is 32.4. The molecule has 0 atom stereocenters. The molecule has 4 heterocycles. The van der Waals surface area contributed by atoms with Crippen LogP contribution in [0.1, 0.15) is 0 Å². The van der Waals surface area contributed by atoms with Crippen molar-refractivity contribution >= 4 is 96.8 Å². The average molecular weight is 771 g/mol. The molecule has 0 aliphatic rings. The number of thiophene rings is 1. The summed E-state index contributed by atoms with van der Waals surface area (Å²) in [7, 11) is 0. The number of fused-ring (bicyclic) bond motifs is 11. The maximum absolute atomic E-state index is 6.79. The minimum Gasteiger partial charge on any atom is -0.455 e. The van der Waals surface area contributed by atoms with Crippen LogP contribution in [0.5, 0.6) is 0 Å². The van der Waals surface area contributed by atoms with Crippen LogP contribution in [-0.2, 0) is 0 Å². The van der Waals surface area contributed by atoms with Gasteiger partial charge in [0.15, 0.2) is 17.5 Å². The Morgan fingerprint density at radius 2 is 1.05 bits per heavy atom. The summed E-state index contributed by atoms with van der Waals surface area (Å²) < 4.78 is 11.6. The fraction of sp³-hybridized carbons (Fsp3) is 0. The molecule has 0 fully saturated rings. The molecule has 59 heavy (non-hydrogen) atoms. The molecule has 9 aromatic carbocycles. The van der Waals surface area contributed by atoms with Crippen molar-refractivity contribution in [1.82, 2.24) is 19.5 Å². The lowest BCUT2D eigenvalue weighted by molar-refractivity contribution is 0.669. The lowest BCUT2D eigenvalue weighted by Crippen LogP contribution is -2.02. The van der Waals surface area contributed by atoms with Crippen molar-refractivity contribution in [3.63, 3.8) is 0 Å². The summed E-state index contributed by atoms with van der Waals surface area (Å²) in [4.78, 5) is 16.0. The number of furan rings is 1. The number of benzene rings is 9. The lowest BCUT2D eigenvalue weighted by Gasteiger charge is -2.13. The maximum atomic E-state index is 6.79. The highest BCUT2D eigenvalue weighted by Gasteiger charge is 2.22. The van der Waals surface area contributed by atoms with Crippen LogP contribution in [0.2, 0.25) is 0 Å². The van der Waals surface area contributed by atoms with Gasteiger partial charge < -0.3 is 8.98 Å². The van der Waals surface area contributed by atoms with Gasteiger partial charge in [0.1, 0.15) is 11.2 Å². The van der Waals surface area contributed by atoms with Crippen LogP contribution in [-0.4, -0.2) is 19.5 Å². The van der Waals surface area contributed by atoms with Gasteiger partial charge in [-0.1, -0.05) is 133 Å². The number of rotatable bonds is 4. The number of para-hydroxylation sites is 2. The molecule has 0 aliphatic heterocycles. The number of nitrogens with zero attached hydrogens (tertiary/aromatic N) is 4. The molecule has 0 unspecified atom stereocenters. The predicted molar refractivity (Wildman–Crippen MR) is 246 cm³/mol. The molecule has 13 rings (SSSR count). The number of hydrogen-bond donors (Lipinski definition) is 0. The summed E-state index contributed by atoms with van der Waals surface area (Å²) in [6.07, 6.45) is 0. The summed E-state index contributed by atoms with van der Waals surface area (Å²) >= 11 is 1.79. The summed E-state index contributed by atoms with van der Waals surface area (Å²) in [5, 5.41) is 11.5. The Hall–Kier alpha value is -7.67. The van der Waals surface area contributed by atoms with Crippen molar-refractivity contribution in [3.05, 3.63) is 182 Å². The number of aromatic nitrogens is 4. The smallest absolute Gasteiger partial charge is 0.167 e. The Balaban J connectivity index is 1.12. The van der Waals surface area contributed by atoms with Crippen molar-refractivity contribution in [2.75, 3.05) is 0 Å². The van der Waals surface area contributed by atoms with E-state index < -0.39 is 0 Å². The van der Waals surface area contributed by atoms with E-state index in [1.54, 1.807) is 11.3 Å². The van der Waals surface area contributed by atoms with Crippen molar-refractivity contribution in [2.45, 2.75) is 0 Å². The zero-order valence-corrected chi connectivity index (χ0v) is 32.2. The van der Waals surface area contributed by atoms with E-state index in [1.807, 2.05) is 12.1 Å². The zero-order valence-electron chi connectivity index (χ0n) is 31.4. The van der Waals surface area contributed by atoms with E-state index >= 15 is 0 Å². The van der Waals surface area contributed by atoms with Gasteiger partial charge in [0.05, 0.1) is 16.6 Å². The van der Waals surface area contributed by atoms with Crippen LogP contribution in [0, 0.1) is 0 Å². The van der Waals surface area contributed by atoms with Crippen LogP contribution in [0.15, 0.2) is 186 Å². The molecule has 13 aromatic rings. The van der Waals surface area contributed by atoms with Crippen molar-refractivity contribution in [3.8, 4) is 39.9 Å². The second-order valence-corrected chi connectivity index (χ2v) is 16.3. The van der Waals surface area contributed by atoms with Gasteiger partial charge in [-0.3, -0.25) is 0 Å². The van der Waals surface area contributed by atoms with Crippen molar-refractivity contribution < 1.29 is 4.42 Å². The maximum Gasteiger partial charge on any atom is 0.167 e. The molecule has 0 saturated carbocycles. The van der Waals surface area contributed by atoms with Gasteiger partial charge in [0.2, 0.25) is 0 Å². The highest BCUT2D eigenvalue weighted by molar-refractivity contribution is 7.25. The molecule has 0 aliphatic carbocycles. The summed E-state index contributed by atoms with van der Waals surface area (Å²) in [6.45, 7) is 0. The van der Waals surface area contributed by atoms with Crippen LogP contribution in [0.4, 0.5) is 0 Å². The van der Waals surface area contributed by atoms with E-state index in [0.29, 0.717) is 17.5 Å². The van der Waals surface area contributed by atoms with E-state index in [9.17, 15) is 0 Å². The highest BCUT2D eigenvalue weighted by Crippen LogP contribution is 2.42. The van der Waals surface area contributed by atoms with Gasteiger partial charge in [-0.15, -0.1) is 11.3 Å². The SMILES string of the molecule is c1ccc2cc3c(cc2c1)c1ccccc1n3-c1cc(-c2nc(-c3ccc4c(c3)sc3ccccc34)nc(-c3cccc4ccccc34)n2)c2oc3ccccc3c2c1. The van der Waals surface area contributed by atoms with Gasteiger partial charge in [-0.05, 0) is 70.1 Å². The Labute approximate surface area is 341 Å². The third-order valence-corrected chi connectivity index (χ3v) is 12.9. The van der Waals surface area contributed by atoms with E-state index in [0.717, 1.165) is 66.1 Å². The first-order valence-corrected chi connectivity index (χ1v) is 20.6.